The number of halogens is 1. The Labute approximate surface area is 145 Å². The van der Waals surface area contributed by atoms with Crippen molar-refractivity contribution in [2.75, 3.05) is 5.75 Å². The minimum atomic E-state index is -0.301. The van der Waals surface area contributed by atoms with Crippen molar-refractivity contribution in [1.82, 2.24) is 20.1 Å². The number of hydrogen-bond donors (Lipinski definition) is 1. The average molecular weight is 348 g/mol. The Morgan fingerprint density at radius 3 is 2.75 bits per heavy atom. The maximum absolute atomic E-state index is 13.1. The number of nitrogens with zero attached hydrogens (tertiary/aromatic N) is 3. The molecule has 1 N–H and O–H groups in total. The lowest BCUT2D eigenvalue weighted by molar-refractivity contribution is -0.119. The molecular weight excluding hydrogens is 327 g/mol. The number of allylic oxidation sites excluding steroid dienone is 1. The predicted octanol–water partition coefficient (Wildman–Crippen LogP) is 3.28. The summed E-state index contributed by atoms with van der Waals surface area (Å²) in [6.45, 7) is 8.24. The summed E-state index contributed by atoms with van der Waals surface area (Å²) in [5.74, 6) is 0.554. The van der Waals surface area contributed by atoms with E-state index in [1.54, 1.807) is 18.2 Å². The molecule has 0 spiro atoms. The van der Waals surface area contributed by atoms with Crippen LogP contribution in [-0.4, -0.2) is 32.5 Å². The van der Waals surface area contributed by atoms with E-state index in [-0.39, 0.29) is 23.5 Å². The number of hydrogen-bond acceptors (Lipinski definition) is 4. The van der Waals surface area contributed by atoms with Crippen LogP contribution in [0.2, 0.25) is 0 Å². The third kappa shape index (κ3) is 4.67. The van der Waals surface area contributed by atoms with E-state index in [1.807, 2.05) is 18.4 Å². The smallest absolute Gasteiger partial charge is 0.230 e. The summed E-state index contributed by atoms with van der Waals surface area (Å²) in [6, 6.07) is 6.23. The summed E-state index contributed by atoms with van der Waals surface area (Å²) in [5, 5.41) is 11.9. The van der Waals surface area contributed by atoms with Gasteiger partial charge in [-0.1, -0.05) is 24.8 Å². The van der Waals surface area contributed by atoms with Crippen LogP contribution in [0, 0.1) is 5.82 Å². The molecule has 0 saturated heterocycles. The highest BCUT2D eigenvalue weighted by molar-refractivity contribution is 7.99. The third-order valence-electron chi connectivity index (χ3n) is 3.48. The normalized spacial score (nSPS) is 12.0. The van der Waals surface area contributed by atoms with E-state index in [2.05, 4.69) is 22.1 Å². The summed E-state index contributed by atoms with van der Waals surface area (Å²) >= 11 is 1.32. The molecule has 0 radical (unpaired) electrons. The zero-order valence-electron chi connectivity index (χ0n) is 13.8. The zero-order valence-corrected chi connectivity index (χ0v) is 14.6. The number of nitrogens with one attached hydrogen (secondary N) is 1. The molecule has 1 heterocycles. The molecule has 5 nitrogen and oxygen atoms in total. The van der Waals surface area contributed by atoms with Gasteiger partial charge in [0.2, 0.25) is 5.91 Å². The maximum atomic E-state index is 13.1. The Kier molecular flexibility index (Phi) is 6.54. The van der Waals surface area contributed by atoms with Crippen molar-refractivity contribution in [2.24, 2.45) is 0 Å². The second-order valence-corrected chi connectivity index (χ2v) is 6.32. The number of carbonyl (C=O) groups is 1. The van der Waals surface area contributed by atoms with Crippen LogP contribution in [-0.2, 0) is 11.3 Å². The van der Waals surface area contributed by atoms with Gasteiger partial charge in [0.05, 0.1) is 5.75 Å². The van der Waals surface area contributed by atoms with Gasteiger partial charge in [0.15, 0.2) is 11.0 Å². The highest BCUT2D eigenvalue weighted by atomic mass is 32.2. The summed E-state index contributed by atoms with van der Waals surface area (Å²) in [7, 11) is 0. The average Bonchev–Trinajstić information content (AvgIpc) is 2.97. The lowest BCUT2D eigenvalue weighted by Crippen LogP contribution is -2.33. The highest BCUT2D eigenvalue weighted by Crippen LogP contribution is 2.24. The lowest BCUT2D eigenvalue weighted by Gasteiger charge is -2.11. The SMILES string of the molecule is C=CCn1c(SCC(=O)N[C@@H](C)CC)nnc1-c1ccc(F)cc1. The van der Waals surface area contributed by atoms with Crippen LogP contribution in [0.25, 0.3) is 11.4 Å². The molecule has 0 aliphatic heterocycles. The van der Waals surface area contributed by atoms with Crippen LogP contribution in [0.4, 0.5) is 4.39 Å². The van der Waals surface area contributed by atoms with Gasteiger partial charge >= 0.3 is 0 Å². The number of aromatic nitrogens is 3. The van der Waals surface area contributed by atoms with Gasteiger partial charge in [-0.05, 0) is 37.6 Å². The van der Waals surface area contributed by atoms with Gasteiger partial charge < -0.3 is 5.32 Å². The first-order chi connectivity index (χ1) is 11.5. The van der Waals surface area contributed by atoms with Crippen molar-refractivity contribution < 1.29 is 9.18 Å². The second kappa shape index (κ2) is 8.63. The number of rotatable bonds is 8. The van der Waals surface area contributed by atoms with Crippen LogP contribution in [0.1, 0.15) is 20.3 Å². The molecule has 0 unspecified atom stereocenters. The molecule has 1 aromatic heterocycles. The summed E-state index contributed by atoms with van der Waals surface area (Å²) in [4.78, 5) is 11.9. The number of thioether (sulfide) groups is 1. The van der Waals surface area contributed by atoms with Gasteiger partial charge in [0.25, 0.3) is 0 Å². The molecule has 0 aliphatic carbocycles. The topological polar surface area (TPSA) is 59.8 Å². The molecule has 1 amide bonds. The van der Waals surface area contributed by atoms with Crippen molar-refractivity contribution in [3.8, 4) is 11.4 Å². The van der Waals surface area contributed by atoms with Crippen molar-refractivity contribution >= 4 is 17.7 Å². The number of benzene rings is 1. The van der Waals surface area contributed by atoms with E-state index in [4.69, 9.17) is 0 Å². The van der Waals surface area contributed by atoms with Crippen LogP contribution >= 0.6 is 11.8 Å². The van der Waals surface area contributed by atoms with Crippen molar-refractivity contribution in [2.45, 2.75) is 38.0 Å². The second-order valence-electron chi connectivity index (χ2n) is 5.38. The number of amides is 1. The molecule has 1 aromatic carbocycles. The monoisotopic (exact) mass is 348 g/mol. The van der Waals surface area contributed by atoms with E-state index in [0.29, 0.717) is 17.5 Å². The van der Waals surface area contributed by atoms with Gasteiger partial charge in [-0.3, -0.25) is 9.36 Å². The first-order valence-corrected chi connectivity index (χ1v) is 8.75. The molecule has 0 saturated carbocycles. The summed E-state index contributed by atoms with van der Waals surface area (Å²) < 4.78 is 15.0. The third-order valence-corrected chi connectivity index (χ3v) is 4.45. The Balaban J connectivity index is 2.14. The summed E-state index contributed by atoms with van der Waals surface area (Å²) in [6.07, 6.45) is 2.62. The Morgan fingerprint density at radius 1 is 1.42 bits per heavy atom. The van der Waals surface area contributed by atoms with Crippen molar-refractivity contribution in [3.63, 3.8) is 0 Å². The van der Waals surface area contributed by atoms with Gasteiger partial charge in [-0.2, -0.15) is 0 Å². The highest BCUT2D eigenvalue weighted by Gasteiger charge is 2.15. The molecule has 0 fully saturated rings. The van der Waals surface area contributed by atoms with Crippen LogP contribution in [0.3, 0.4) is 0 Å². The lowest BCUT2D eigenvalue weighted by atomic mass is 10.2. The van der Waals surface area contributed by atoms with Crippen molar-refractivity contribution in [3.05, 3.63) is 42.7 Å². The van der Waals surface area contributed by atoms with E-state index in [0.717, 1.165) is 12.0 Å². The van der Waals surface area contributed by atoms with E-state index >= 15 is 0 Å². The minimum Gasteiger partial charge on any atom is -0.353 e. The first-order valence-electron chi connectivity index (χ1n) is 7.77. The quantitative estimate of drug-likeness (QED) is 0.587. The zero-order chi connectivity index (χ0) is 17.5. The van der Waals surface area contributed by atoms with E-state index in [9.17, 15) is 9.18 Å². The molecule has 2 aromatic rings. The molecule has 1 atom stereocenters. The van der Waals surface area contributed by atoms with Crippen LogP contribution in [0.5, 0.6) is 0 Å². The summed E-state index contributed by atoms with van der Waals surface area (Å²) in [5.41, 5.74) is 0.765. The van der Waals surface area contributed by atoms with Gasteiger partial charge in [-0.25, -0.2) is 4.39 Å². The van der Waals surface area contributed by atoms with E-state index < -0.39 is 0 Å². The van der Waals surface area contributed by atoms with Gasteiger partial charge in [-0.15, -0.1) is 16.8 Å². The standard InChI is InChI=1S/C17H21FN4OS/c1-4-10-22-16(13-6-8-14(18)9-7-13)20-21-17(22)24-11-15(23)19-12(3)5-2/h4,6-9,12H,1,5,10-11H2,2-3H3,(H,19,23)/t12-/m0/s1. The van der Waals surface area contributed by atoms with Crippen LogP contribution < -0.4 is 5.32 Å². The Hall–Kier alpha value is -2.15. The first kappa shape index (κ1) is 18.2. The molecule has 128 valence electrons. The van der Waals surface area contributed by atoms with Crippen LogP contribution in [0.15, 0.2) is 42.1 Å². The fraction of sp³-hybridized carbons (Fsp3) is 0.353. The molecular formula is C17H21FN4OS. The molecule has 24 heavy (non-hydrogen) atoms. The maximum Gasteiger partial charge on any atom is 0.230 e. The van der Waals surface area contributed by atoms with Gasteiger partial charge in [0, 0.05) is 18.2 Å². The Bertz CT molecular complexity index is 699. The van der Waals surface area contributed by atoms with Gasteiger partial charge in [0.1, 0.15) is 5.82 Å². The minimum absolute atomic E-state index is 0.0363. The molecule has 2 rings (SSSR count). The predicted molar refractivity (Wildman–Crippen MR) is 94.2 cm³/mol. The van der Waals surface area contributed by atoms with Crippen molar-refractivity contribution in [1.29, 1.82) is 0 Å². The largest absolute Gasteiger partial charge is 0.353 e. The fourth-order valence-electron chi connectivity index (χ4n) is 2.05. The molecule has 0 bridgehead atoms. The number of carbonyl (C=O) groups excluding carboxylic acids is 1. The van der Waals surface area contributed by atoms with E-state index in [1.165, 1.54) is 23.9 Å². The molecule has 7 heteroatoms. The fourth-order valence-corrected chi connectivity index (χ4v) is 2.81. The Morgan fingerprint density at radius 2 is 2.12 bits per heavy atom. The molecule has 0 aliphatic rings.